The highest BCUT2D eigenvalue weighted by molar-refractivity contribution is 7.90. The van der Waals surface area contributed by atoms with E-state index in [0.29, 0.717) is 5.56 Å². The zero-order valence-corrected chi connectivity index (χ0v) is 14.9. The maximum absolute atomic E-state index is 12.5. The number of benzene rings is 1. The first kappa shape index (κ1) is 19.1. The Balaban J connectivity index is 1.88. The monoisotopic (exact) mass is 396 g/mol. The topological polar surface area (TPSA) is 86.1 Å². The van der Waals surface area contributed by atoms with Gasteiger partial charge in [0.15, 0.2) is 0 Å². The fourth-order valence-corrected chi connectivity index (χ4v) is 3.72. The smallest absolute Gasteiger partial charge is 0.366 e. The van der Waals surface area contributed by atoms with Crippen LogP contribution in [0.2, 0.25) is 0 Å². The van der Waals surface area contributed by atoms with E-state index in [-0.39, 0.29) is 11.6 Å². The number of rotatable bonds is 4. The molecule has 142 valence electrons. The summed E-state index contributed by atoms with van der Waals surface area (Å²) < 4.78 is 61.2. The maximum Gasteiger partial charge on any atom is 0.511 e. The lowest BCUT2D eigenvalue weighted by Gasteiger charge is -2.24. The summed E-state index contributed by atoms with van der Waals surface area (Å²) in [5.74, 6) is -0.477. The highest BCUT2D eigenvalue weighted by atomic mass is 32.2. The van der Waals surface area contributed by atoms with Crippen molar-refractivity contribution < 1.29 is 21.6 Å². The van der Waals surface area contributed by atoms with Gasteiger partial charge in [-0.05, 0) is 28.8 Å². The molecule has 1 aliphatic rings. The van der Waals surface area contributed by atoms with E-state index in [4.69, 9.17) is 0 Å². The van der Waals surface area contributed by atoms with Crippen LogP contribution in [0.1, 0.15) is 28.7 Å². The van der Waals surface area contributed by atoms with E-state index < -0.39 is 28.0 Å². The molecule has 1 N–H and O–H groups in total. The van der Waals surface area contributed by atoms with Crippen LogP contribution in [0.3, 0.4) is 0 Å². The number of likely N-dealkylation sites (N-methyl/N-ethyl adjacent to an activating group) is 1. The molecule has 2 unspecified atom stereocenters. The minimum atomic E-state index is -5.44. The van der Waals surface area contributed by atoms with Crippen LogP contribution in [0, 0.1) is 11.3 Å². The Kier molecular flexibility index (Phi) is 4.84. The van der Waals surface area contributed by atoms with Gasteiger partial charge < -0.3 is 4.90 Å². The summed E-state index contributed by atoms with van der Waals surface area (Å²) in [6.07, 6.45) is 2.81. The van der Waals surface area contributed by atoms with Crippen molar-refractivity contribution in [3.63, 3.8) is 0 Å². The molecule has 3 rings (SSSR count). The standard InChI is InChI=1S/C17H15F3N4O2S/c1-24-15-5-3-2-4-13(15)14(7-21)16(24)12-6-11(8-22-10-12)9-23-27(25,26)17(18,19)20/h2-6,8,10,14,16,23H,9H2,1H3. The normalized spacial score (nSPS) is 19.6. The van der Waals surface area contributed by atoms with Crippen molar-refractivity contribution in [2.75, 3.05) is 11.9 Å². The molecule has 0 bridgehead atoms. The first-order valence-corrected chi connectivity index (χ1v) is 9.35. The van der Waals surface area contributed by atoms with Gasteiger partial charge in [0.1, 0.15) is 0 Å². The van der Waals surface area contributed by atoms with Gasteiger partial charge in [-0.3, -0.25) is 4.98 Å². The Morgan fingerprint density at radius 3 is 2.67 bits per heavy atom. The quantitative estimate of drug-likeness (QED) is 0.859. The second kappa shape index (κ2) is 6.83. The molecule has 1 aromatic heterocycles. The van der Waals surface area contributed by atoms with E-state index in [9.17, 15) is 26.9 Å². The van der Waals surface area contributed by atoms with Crippen LogP contribution in [0.4, 0.5) is 18.9 Å². The molecule has 1 aromatic carbocycles. The van der Waals surface area contributed by atoms with E-state index in [1.807, 2.05) is 36.2 Å². The summed E-state index contributed by atoms with van der Waals surface area (Å²) in [7, 11) is -3.62. The first-order valence-electron chi connectivity index (χ1n) is 7.87. The van der Waals surface area contributed by atoms with E-state index in [1.165, 1.54) is 17.1 Å². The Bertz CT molecular complexity index is 1000. The first-order chi connectivity index (χ1) is 12.7. The molecule has 0 radical (unpaired) electrons. The molecule has 0 fully saturated rings. The number of nitriles is 1. The van der Waals surface area contributed by atoms with Gasteiger partial charge in [0.2, 0.25) is 0 Å². The summed E-state index contributed by atoms with van der Waals surface area (Å²) in [6.45, 7) is -0.552. The lowest BCUT2D eigenvalue weighted by molar-refractivity contribution is -0.0448. The summed E-state index contributed by atoms with van der Waals surface area (Å²) >= 11 is 0. The number of aromatic nitrogens is 1. The largest absolute Gasteiger partial charge is 0.511 e. The lowest BCUT2D eigenvalue weighted by Crippen LogP contribution is -2.36. The third-order valence-corrected chi connectivity index (χ3v) is 5.59. The number of nitrogens with zero attached hydrogens (tertiary/aromatic N) is 3. The maximum atomic E-state index is 12.5. The third kappa shape index (κ3) is 3.48. The summed E-state index contributed by atoms with van der Waals surface area (Å²) in [6, 6.07) is 10.9. The molecule has 1 aliphatic heterocycles. The van der Waals surface area contributed by atoms with Gasteiger partial charge >= 0.3 is 15.5 Å². The predicted octanol–water partition coefficient (Wildman–Crippen LogP) is 2.82. The number of anilines is 1. The molecule has 6 nitrogen and oxygen atoms in total. The number of sulfonamides is 1. The van der Waals surface area contributed by atoms with Crippen LogP contribution in [0.25, 0.3) is 0 Å². The number of nitrogens with one attached hydrogen (secondary N) is 1. The van der Waals surface area contributed by atoms with Crippen LogP contribution in [0.15, 0.2) is 42.7 Å². The fourth-order valence-electron chi connectivity index (χ4n) is 3.20. The van der Waals surface area contributed by atoms with E-state index in [0.717, 1.165) is 11.3 Å². The average Bonchev–Trinajstić information content (AvgIpc) is 2.92. The second-order valence-corrected chi connectivity index (χ2v) is 7.88. The van der Waals surface area contributed by atoms with Crippen LogP contribution < -0.4 is 9.62 Å². The number of fused-ring (bicyclic) bond motifs is 1. The highest BCUT2D eigenvalue weighted by Gasteiger charge is 2.45. The van der Waals surface area contributed by atoms with Gasteiger partial charge in [-0.1, -0.05) is 18.2 Å². The Morgan fingerprint density at radius 1 is 1.30 bits per heavy atom. The van der Waals surface area contributed by atoms with E-state index in [1.54, 1.807) is 6.07 Å². The van der Waals surface area contributed by atoms with Crippen LogP contribution in [0.5, 0.6) is 0 Å². The van der Waals surface area contributed by atoms with Crippen LogP contribution in [-0.4, -0.2) is 26.0 Å². The zero-order chi connectivity index (χ0) is 19.8. The van der Waals surface area contributed by atoms with Gasteiger partial charge in [-0.15, -0.1) is 0 Å². The summed E-state index contributed by atoms with van der Waals surface area (Å²) in [5.41, 5.74) is -2.75. The number of pyridine rings is 1. The van der Waals surface area contributed by atoms with Gasteiger partial charge in [-0.25, -0.2) is 13.1 Å². The number of hydrogen-bond acceptors (Lipinski definition) is 5. The summed E-state index contributed by atoms with van der Waals surface area (Å²) in [4.78, 5) is 5.91. The highest BCUT2D eigenvalue weighted by Crippen LogP contribution is 2.47. The SMILES string of the molecule is CN1c2ccccc2C(C#N)C1c1cncc(CNS(=O)(=O)C(F)(F)F)c1. The number of halogens is 3. The fraction of sp³-hybridized carbons (Fsp3) is 0.294. The van der Waals surface area contributed by atoms with Crippen molar-refractivity contribution in [1.29, 1.82) is 5.26 Å². The molecule has 27 heavy (non-hydrogen) atoms. The number of hydrogen-bond donors (Lipinski definition) is 1. The van der Waals surface area contributed by atoms with Crippen LogP contribution in [-0.2, 0) is 16.6 Å². The van der Waals surface area contributed by atoms with Crippen molar-refractivity contribution in [2.24, 2.45) is 0 Å². The molecule has 2 aromatic rings. The molecule has 10 heteroatoms. The minimum absolute atomic E-state index is 0.265. The molecule has 0 spiro atoms. The van der Waals surface area contributed by atoms with E-state index >= 15 is 0 Å². The van der Waals surface area contributed by atoms with Crippen molar-refractivity contribution >= 4 is 15.7 Å². The third-order valence-electron chi connectivity index (χ3n) is 4.45. The Hall–Kier alpha value is -2.64. The van der Waals surface area contributed by atoms with Crippen molar-refractivity contribution in [3.8, 4) is 6.07 Å². The molecule has 2 heterocycles. The minimum Gasteiger partial charge on any atom is -0.366 e. The van der Waals surface area contributed by atoms with E-state index in [2.05, 4.69) is 11.1 Å². The van der Waals surface area contributed by atoms with Gasteiger partial charge in [0.25, 0.3) is 0 Å². The Morgan fingerprint density at radius 2 is 2.00 bits per heavy atom. The molecule has 0 saturated carbocycles. The second-order valence-electron chi connectivity index (χ2n) is 6.12. The number of para-hydroxylation sites is 1. The molecule has 0 saturated heterocycles. The van der Waals surface area contributed by atoms with Gasteiger partial charge in [-0.2, -0.15) is 18.4 Å². The van der Waals surface area contributed by atoms with Crippen molar-refractivity contribution in [2.45, 2.75) is 24.0 Å². The molecule has 0 aliphatic carbocycles. The zero-order valence-electron chi connectivity index (χ0n) is 14.1. The van der Waals surface area contributed by atoms with Crippen LogP contribution >= 0.6 is 0 Å². The molecular formula is C17H15F3N4O2S. The predicted molar refractivity (Wildman–Crippen MR) is 92.0 cm³/mol. The van der Waals surface area contributed by atoms with Crippen molar-refractivity contribution in [3.05, 3.63) is 59.4 Å². The number of alkyl halides is 3. The van der Waals surface area contributed by atoms with Gasteiger partial charge in [0.05, 0.1) is 18.0 Å². The van der Waals surface area contributed by atoms with Gasteiger partial charge in [0, 0.05) is 31.7 Å². The summed E-state index contributed by atoms with van der Waals surface area (Å²) in [5, 5.41) is 9.62. The molecular weight excluding hydrogens is 381 g/mol. The van der Waals surface area contributed by atoms with Crippen molar-refractivity contribution in [1.82, 2.24) is 9.71 Å². The lowest BCUT2D eigenvalue weighted by atomic mass is 9.92. The molecule has 2 atom stereocenters. The molecule has 0 amide bonds. The Labute approximate surface area is 154 Å². The average molecular weight is 396 g/mol.